The van der Waals surface area contributed by atoms with E-state index in [-0.39, 0.29) is 17.3 Å². The Morgan fingerprint density at radius 3 is 2.24 bits per heavy atom. The average Bonchev–Trinajstić information content (AvgIpc) is 2.85. The average molecular weight is 453 g/mol. The van der Waals surface area contributed by atoms with E-state index in [2.05, 4.69) is 15.6 Å². The van der Waals surface area contributed by atoms with Gasteiger partial charge in [0.15, 0.2) is 11.2 Å². The number of aromatic nitrogens is 1. The van der Waals surface area contributed by atoms with Crippen LogP contribution >= 0.6 is 0 Å². The standard InChI is InChI=1S/C27H23N3O4/c1-16(29-27(34)20-10-8-19(9-11-20)18-6-4-3-5-7-18)26(33)30-21-12-13-24-22(14-21)25(32)23(15-28-24)17(2)31/h3-16H,1-2H3,(H,28,32)(H,29,34)(H,30,33)/t16-/m1/s1. The van der Waals surface area contributed by atoms with Crippen molar-refractivity contribution in [2.75, 3.05) is 5.32 Å². The van der Waals surface area contributed by atoms with Gasteiger partial charge in [-0.3, -0.25) is 19.2 Å². The molecular formula is C27H23N3O4. The van der Waals surface area contributed by atoms with Crippen molar-refractivity contribution in [3.63, 3.8) is 0 Å². The molecule has 0 aliphatic heterocycles. The van der Waals surface area contributed by atoms with Gasteiger partial charge in [0, 0.05) is 28.4 Å². The molecule has 0 radical (unpaired) electrons. The number of anilines is 1. The Bertz CT molecular complexity index is 1440. The fraction of sp³-hybridized carbons (Fsp3) is 0.111. The Kier molecular flexibility index (Phi) is 6.36. The molecule has 0 aliphatic carbocycles. The van der Waals surface area contributed by atoms with Crippen LogP contribution in [0.15, 0.2) is 83.8 Å². The Morgan fingerprint density at radius 2 is 1.56 bits per heavy atom. The van der Waals surface area contributed by atoms with E-state index < -0.39 is 17.4 Å². The summed E-state index contributed by atoms with van der Waals surface area (Å²) < 4.78 is 0. The number of nitrogens with one attached hydrogen (secondary N) is 3. The van der Waals surface area contributed by atoms with Crippen LogP contribution in [0.5, 0.6) is 0 Å². The highest BCUT2D eigenvalue weighted by Crippen LogP contribution is 2.19. The normalized spacial score (nSPS) is 11.6. The molecule has 0 saturated heterocycles. The lowest BCUT2D eigenvalue weighted by Crippen LogP contribution is -2.41. The molecule has 4 aromatic rings. The molecule has 0 spiro atoms. The smallest absolute Gasteiger partial charge is 0.251 e. The molecule has 7 nitrogen and oxygen atoms in total. The van der Waals surface area contributed by atoms with Gasteiger partial charge < -0.3 is 15.6 Å². The fourth-order valence-electron chi connectivity index (χ4n) is 3.60. The van der Waals surface area contributed by atoms with Crippen LogP contribution in [0.1, 0.15) is 34.6 Å². The third kappa shape index (κ3) is 4.78. The number of Topliss-reactive ketones (excluding diaryl/α,β-unsaturated/α-hetero) is 1. The van der Waals surface area contributed by atoms with Gasteiger partial charge in [0.2, 0.25) is 5.91 Å². The summed E-state index contributed by atoms with van der Waals surface area (Å²) >= 11 is 0. The lowest BCUT2D eigenvalue weighted by Gasteiger charge is -2.15. The molecule has 170 valence electrons. The zero-order chi connectivity index (χ0) is 24.2. The van der Waals surface area contributed by atoms with Crippen molar-refractivity contribution in [3.05, 3.63) is 100 Å². The lowest BCUT2D eigenvalue weighted by atomic mass is 10.0. The van der Waals surface area contributed by atoms with Gasteiger partial charge >= 0.3 is 0 Å². The summed E-state index contributed by atoms with van der Waals surface area (Å²) in [6, 6.07) is 20.9. The second-order valence-electron chi connectivity index (χ2n) is 7.98. The lowest BCUT2D eigenvalue weighted by molar-refractivity contribution is -0.117. The maximum atomic E-state index is 12.6. The topological polar surface area (TPSA) is 108 Å². The Hall–Kier alpha value is -4.52. The molecule has 3 N–H and O–H groups in total. The highest BCUT2D eigenvalue weighted by molar-refractivity contribution is 6.02. The summed E-state index contributed by atoms with van der Waals surface area (Å²) in [4.78, 5) is 52.4. The summed E-state index contributed by atoms with van der Waals surface area (Å²) in [5.74, 6) is -1.15. The molecule has 1 atom stereocenters. The zero-order valence-corrected chi connectivity index (χ0v) is 18.7. The van der Waals surface area contributed by atoms with E-state index in [4.69, 9.17) is 0 Å². The monoisotopic (exact) mass is 453 g/mol. The van der Waals surface area contributed by atoms with E-state index in [1.165, 1.54) is 19.2 Å². The fourth-order valence-corrected chi connectivity index (χ4v) is 3.60. The minimum absolute atomic E-state index is 0.0508. The number of carbonyl (C=O) groups is 3. The molecule has 0 bridgehead atoms. The van der Waals surface area contributed by atoms with E-state index in [0.29, 0.717) is 22.2 Å². The van der Waals surface area contributed by atoms with Crippen molar-refractivity contribution in [3.8, 4) is 11.1 Å². The summed E-state index contributed by atoms with van der Waals surface area (Å²) in [7, 11) is 0. The molecule has 0 aliphatic rings. The molecule has 2 amide bonds. The second kappa shape index (κ2) is 9.54. The van der Waals surface area contributed by atoms with Crippen LogP contribution in [0.3, 0.4) is 0 Å². The number of fused-ring (bicyclic) bond motifs is 1. The van der Waals surface area contributed by atoms with Gasteiger partial charge in [0.25, 0.3) is 5.91 Å². The molecule has 3 aromatic carbocycles. The van der Waals surface area contributed by atoms with Crippen molar-refractivity contribution >= 4 is 34.2 Å². The number of pyridine rings is 1. The van der Waals surface area contributed by atoms with Crippen LogP contribution in [-0.2, 0) is 4.79 Å². The van der Waals surface area contributed by atoms with E-state index >= 15 is 0 Å². The van der Waals surface area contributed by atoms with Crippen molar-refractivity contribution in [1.29, 1.82) is 0 Å². The number of hydrogen-bond acceptors (Lipinski definition) is 4. The van der Waals surface area contributed by atoms with Crippen LogP contribution in [0, 0.1) is 0 Å². The van der Waals surface area contributed by atoms with Gasteiger partial charge in [0.1, 0.15) is 6.04 Å². The largest absolute Gasteiger partial charge is 0.360 e. The van der Waals surface area contributed by atoms with E-state index in [0.717, 1.165) is 11.1 Å². The van der Waals surface area contributed by atoms with Crippen LogP contribution < -0.4 is 16.1 Å². The minimum Gasteiger partial charge on any atom is -0.360 e. The summed E-state index contributed by atoms with van der Waals surface area (Å²) in [5, 5.41) is 5.68. The third-order valence-electron chi connectivity index (χ3n) is 5.52. The summed E-state index contributed by atoms with van der Waals surface area (Å²) in [5.41, 5.74) is 3.06. The number of H-pyrrole nitrogens is 1. The molecule has 1 heterocycles. The van der Waals surface area contributed by atoms with Crippen LogP contribution in [0.2, 0.25) is 0 Å². The highest BCUT2D eigenvalue weighted by atomic mass is 16.2. The molecule has 0 fully saturated rings. The van der Waals surface area contributed by atoms with Gasteiger partial charge in [-0.1, -0.05) is 42.5 Å². The maximum absolute atomic E-state index is 12.6. The van der Waals surface area contributed by atoms with Crippen LogP contribution in [0.4, 0.5) is 5.69 Å². The van der Waals surface area contributed by atoms with Crippen molar-refractivity contribution < 1.29 is 14.4 Å². The first-order chi connectivity index (χ1) is 16.3. The van der Waals surface area contributed by atoms with E-state index in [1.54, 1.807) is 31.2 Å². The minimum atomic E-state index is -0.821. The summed E-state index contributed by atoms with van der Waals surface area (Å²) in [6.07, 6.45) is 1.38. The molecule has 4 rings (SSSR count). The quantitative estimate of drug-likeness (QED) is 0.381. The van der Waals surface area contributed by atoms with Crippen LogP contribution in [-0.4, -0.2) is 28.6 Å². The van der Waals surface area contributed by atoms with Crippen molar-refractivity contribution in [2.24, 2.45) is 0 Å². The van der Waals surface area contributed by atoms with E-state index in [1.807, 2.05) is 42.5 Å². The first-order valence-corrected chi connectivity index (χ1v) is 10.8. The molecule has 34 heavy (non-hydrogen) atoms. The number of carbonyl (C=O) groups excluding carboxylic acids is 3. The molecule has 7 heteroatoms. The molecular weight excluding hydrogens is 430 g/mol. The predicted octanol–water partition coefficient (Wildman–Crippen LogP) is 4.15. The number of ketones is 1. The Labute approximate surface area is 195 Å². The van der Waals surface area contributed by atoms with Crippen molar-refractivity contribution in [2.45, 2.75) is 19.9 Å². The van der Waals surface area contributed by atoms with Gasteiger partial charge in [0.05, 0.1) is 5.56 Å². The number of rotatable bonds is 6. The third-order valence-corrected chi connectivity index (χ3v) is 5.52. The SMILES string of the molecule is CC(=O)c1c[nH]c2ccc(NC(=O)[C@@H](C)NC(=O)c3ccc(-c4ccccc4)cc3)cc2c1=O. The van der Waals surface area contributed by atoms with Gasteiger partial charge in [-0.15, -0.1) is 0 Å². The molecule has 1 aromatic heterocycles. The van der Waals surface area contributed by atoms with Crippen molar-refractivity contribution in [1.82, 2.24) is 10.3 Å². The Morgan fingerprint density at radius 1 is 0.882 bits per heavy atom. The van der Waals surface area contributed by atoms with Gasteiger partial charge in [-0.25, -0.2) is 0 Å². The number of hydrogen-bond donors (Lipinski definition) is 3. The first kappa shape index (κ1) is 22.7. The first-order valence-electron chi connectivity index (χ1n) is 10.8. The molecule has 0 saturated carbocycles. The summed E-state index contributed by atoms with van der Waals surface area (Å²) in [6.45, 7) is 2.90. The van der Waals surface area contributed by atoms with Crippen LogP contribution in [0.25, 0.3) is 22.0 Å². The number of amides is 2. The molecule has 0 unspecified atom stereocenters. The number of benzene rings is 3. The van der Waals surface area contributed by atoms with Gasteiger partial charge in [-0.2, -0.15) is 0 Å². The predicted molar refractivity (Wildman–Crippen MR) is 132 cm³/mol. The zero-order valence-electron chi connectivity index (χ0n) is 18.7. The second-order valence-corrected chi connectivity index (χ2v) is 7.98. The van der Waals surface area contributed by atoms with Gasteiger partial charge in [-0.05, 0) is 55.3 Å². The van der Waals surface area contributed by atoms with E-state index in [9.17, 15) is 19.2 Å². The highest BCUT2D eigenvalue weighted by Gasteiger charge is 2.18. The maximum Gasteiger partial charge on any atom is 0.251 e. The number of aromatic amines is 1. The Balaban J connectivity index is 1.44.